The molecule has 0 unspecified atom stereocenters. The summed E-state index contributed by atoms with van der Waals surface area (Å²) in [7, 11) is -2.11. The van der Waals surface area contributed by atoms with Crippen molar-refractivity contribution >= 4 is 43.4 Å². The first-order chi connectivity index (χ1) is 18.2. The van der Waals surface area contributed by atoms with Crippen molar-refractivity contribution in [1.29, 1.82) is 0 Å². The summed E-state index contributed by atoms with van der Waals surface area (Å²) in [6.45, 7) is 25.2. The summed E-state index contributed by atoms with van der Waals surface area (Å²) in [6, 6.07) is 11.9. The smallest absolute Gasteiger partial charge is 0.407 e. The molecule has 0 aliphatic heterocycles. The second-order valence-corrected chi connectivity index (χ2v) is 15.8. The van der Waals surface area contributed by atoms with Crippen molar-refractivity contribution in [2.45, 2.75) is 99.3 Å². The molecule has 0 radical (unpaired) electrons. The fourth-order valence-electron chi connectivity index (χ4n) is 4.42. The molecule has 3 nitrogen and oxygen atoms in total. The van der Waals surface area contributed by atoms with E-state index in [0.717, 1.165) is 33.4 Å². The Morgan fingerprint density at radius 3 is 0.875 bits per heavy atom. The number of halogens is 3. The van der Waals surface area contributed by atoms with Gasteiger partial charge in [-0.05, 0) is 71.9 Å². The van der Waals surface area contributed by atoms with Crippen LogP contribution in [0.4, 0.5) is 0 Å². The van der Waals surface area contributed by atoms with Gasteiger partial charge in [-0.2, -0.15) is 0 Å². The van der Waals surface area contributed by atoms with Crippen LogP contribution in [0.2, 0.25) is 15.1 Å². The lowest BCUT2D eigenvalue weighted by Crippen LogP contribution is -2.17. The lowest BCUT2D eigenvalue weighted by molar-refractivity contribution is 0.372. The molecule has 0 heterocycles. The minimum absolute atomic E-state index is 0.248. The average Bonchev–Trinajstić information content (AvgIpc) is 2.76. The molecule has 3 rings (SSSR count). The molecule has 0 saturated heterocycles. The second kappa shape index (κ2) is 11.9. The van der Waals surface area contributed by atoms with Gasteiger partial charge in [0.1, 0.15) is 0 Å². The molecule has 40 heavy (non-hydrogen) atoms. The average molecular weight is 624 g/mol. The molecule has 0 saturated carbocycles. The van der Waals surface area contributed by atoms with Crippen LogP contribution in [0, 0.1) is 20.8 Å². The zero-order valence-electron chi connectivity index (χ0n) is 25.8. The number of hydrogen-bond acceptors (Lipinski definition) is 3. The standard InChI is InChI=1S/C33H42Cl3O3P/c1-19-13-22(31(4,5)6)28(25(34)16-19)37-40(38-29-23(32(7,8)9)14-20(2)17-26(29)35)39-30-24(33(10,11)12)15-21(3)18-27(30)36/h13-18H,1-12H3. The van der Waals surface area contributed by atoms with Crippen molar-refractivity contribution in [3.8, 4) is 17.2 Å². The Balaban J connectivity index is 2.25. The van der Waals surface area contributed by atoms with Crippen LogP contribution in [0.1, 0.15) is 95.7 Å². The van der Waals surface area contributed by atoms with E-state index < -0.39 is 8.60 Å². The van der Waals surface area contributed by atoms with Crippen molar-refractivity contribution in [3.05, 3.63) is 84.8 Å². The Morgan fingerprint density at radius 2 is 0.675 bits per heavy atom. The van der Waals surface area contributed by atoms with Gasteiger partial charge in [0.2, 0.25) is 0 Å². The van der Waals surface area contributed by atoms with Gasteiger partial charge in [0.15, 0.2) is 17.2 Å². The quantitative estimate of drug-likeness (QED) is 0.256. The minimum atomic E-state index is -2.11. The molecular weight excluding hydrogens is 582 g/mol. The molecule has 0 aliphatic rings. The first-order valence-electron chi connectivity index (χ1n) is 13.4. The van der Waals surface area contributed by atoms with Crippen LogP contribution in [-0.2, 0) is 16.2 Å². The molecule has 0 bridgehead atoms. The molecule has 0 aromatic heterocycles. The van der Waals surface area contributed by atoms with Gasteiger partial charge in [-0.15, -0.1) is 0 Å². The highest BCUT2D eigenvalue weighted by molar-refractivity contribution is 7.43. The molecule has 0 spiro atoms. The van der Waals surface area contributed by atoms with E-state index in [1.54, 1.807) is 0 Å². The van der Waals surface area contributed by atoms with E-state index in [-0.39, 0.29) is 16.2 Å². The van der Waals surface area contributed by atoms with Crippen LogP contribution >= 0.6 is 43.4 Å². The fourth-order valence-corrected chi connectivity index (χ4v) is 6.66. The van der Waals surface area contributed by atoms with Gasteiger partial charge in [-0.3, -0.25) is 0 Å². The first-order valence-corrected chi connectivity index (χ1v) is 15.7. The number of benzene rings is 3. The lowest BCUT2D eigenvalue weighted by atomic mass is 9.85. The van der Waals surface area contributed by atoms with E-state index in [9.17, 15) is 0 Å². The SMILES string of the molecule is Cc1cc(Cl)c(OP(Oc2c(Cl)cc(C)cc2C(C)(C)C)Oc2c(Cl)cc(C)cc2C(C)(C)C)c(C(C)(C)C)c1. The third kappa shape index (κ3) is 7.80. The molecule has 0 N–H and O–H groups in total. The normalized spacial score (nSPS) is 12.6. The summed E-state index contributed by atoms with van der Waals surface area (Å²) in [5, 5.41) is 1.46. The Kier molecular flexibility index (Phi) is 9.80. The van der Waals surface area contributed by atoms with E-state index in [2.05, 4.69) is 80.5 Å². The number of aryl methyl sites for hydroxylation is 3. The molecule has 7 heteroatoms. The zero-order valence-corrected chi connectivity index (χ0v) is 28.9. The Morgan fingerprint density at radius 1 is 0.450 bits per heavy atom. The maximum Gasteiger partial charge on any atom is 0.530 e. The zero-order chi connectivity index (χ0) is 30.4. The van der Waals surface area contributed by atoms with Crippen LogP contribution in [0.5, 0.6) is 17.2 Å². The van der Waals surface area contributed by atoms with Gasteiger partial charge in [-0.1, -0.05) is 115 Å². The summed E-state index contributed by atoms with van der Waals surface area (Å²) in [6.07, 6.45) is 0. The highest BCUT2D eigenvalue weighted by Crippen LogP contribution is 2.53. The van der Waals surface area contributed by atoms with Crippen molar-refractivity contribution in [2.24, 2.45) is 0 Å². The van der Waals surface area contributed by atoms with E-state index in [1.165, 1.54) is 0 Å². The van der Waals surface area contributed by atoms with Gasteiger partial charge in [-0.25, -0.2) is 0 Å². The van der Waals surface area contributed by atoms with E-state index >= 15 is 0 Å². The maximum atomic E-state index is 6.82. The largest absolute Gasteiger partial charge is 0.530 e. The lowest BCUT2D eigenvalue weighted by Gasteiger charge is -2.30. The summed E-state index contributed by atoms with van der Waals surface area (Å²) in [5.41, 5.74) is 5.25. The van der Waals surface area contributed by atoms with E-state index in [4.69, 9.17) is 48.4 Å². The van der Waals surface area contributed by atoms with E-state index in [0.29, 0.717) is 32.3 Å². The van der Waals surface area contributed by atoms with Gasteiger partial charge in [0.05, 0.1) is 15.1 Å². The Labute approximate surface area is 257 Å². The van der Waals surface area contributed by atoms with Crippen LogP contribution < -0.4 is 13.6 Å². The predicted octanol–water partition coefficient (Wildman–Crippen LogP) is 12.2. The molecule has 0 atom stereocenters. The molecule has 0 aliphatic carbocycles. The molecule has 218 valence electrons. The molecular formula is C33H42Cl3O3P. The van der Waals surface area contributed by atoms with Crippen molar-refractivity contribution < 1.29 is 13.6 Å². The summed E-state index contributed by atoms with van der Waals surface area (Å²) < 4.78 is 19.9. The summed E-state index contributed by atoms with van der Waals surface area (Å²) in [4.78, 5) is 0. The van der Waals surface area contributed by atoms with Gasteiger partial charge < -0.3 is 13.6 Å². The Bertz CT molecular complexity index is 1230. The third-order valence-corrected chi connectivity index (χ3v) is 8.32. The van der Waals surface area contributed by atoms with Gasteiger partial charge >= 0.3 is 8.60 Å². The Hall–Kier alpha value is -1.64. The minimum Gasteiger partial charge on any atom is -0.407 e. The van der Waals surface area contributed by atoms with Crippen LogP contribution in [0.15, 0.2) is 36.4 Å². The van der Waals surface area contributed by atoms with Crippen molar-refractivity contribution in [2.75, 3.05) is 0 Å². The number of hydrogen-bond donors (Lipinski definition) is 0. The molecule has 3 aromatic rings. The van der Waals surface area contributed by atoms with Crippen molar-refractivity contribution in [1.82, 2.24) is 0 Å². The second-order valence-electron chi connectivity index (χ2n) is 13.6. The highest BCUT2D eigenvalue weighted by atomic mass is 35.5. The third-order valence-electron chi connectivity index (χ3n) is 6.49. The summed E-state index contributed by atoms with van der Waals surface area (Å²) >= 11 is 20.5. The van der Waals surface area contributed by atoms with Crippen LogP contribution in [0.25, 0.3) is 0 Å². The highest BCUT2D eigenvalue weighted by Gasteiger charge is 2.33. The topological polar surface area (TPSA) is 27.7 Å². The van der Waals surface area contributed by atoms with Crippen molar-refractivity contribution in [3.63, 3.8) is 0 Å². The maximum absolute atomic E-state index is 6.82. The number of rotatable bonds is 6. The molecule has 3 aromatic carbocycles. The van der Waals surface area contributed by atoms with Crippen LogP contribution in [0.3, 0.4) is 0 Å². The van der Waals surface area contributed by atoms with Crippen LogP contribution in [-0.4, -0.2) is 0 Å². The summed E-state index contributed by atoms with van der Waals surface area (Å²) in [5.74, 6) is 1.56. The van der Waals surface area contributed by atoms with Gasteiger partial charge in [0, 0.05) is 16.7 Å². The fraction of sp³-hybridized carbons (Fsp3) is 0.455. The molecule has 0 amide bonds. The van der Waals surface area contributed by atoms with E-state index in [1.807, 2.05) is 39.0 Å². The van der Waals surface area contributed by atoms with Gasteiger partial charge in [0.25, 0.3) is 0 Å². The predicted molar refractivity (Wildman–Crippen MR) is 173 cm³/mol. The molecule has 0 fully saturated rings. The first kappa shape index (κ1) is 32.9. The monoisotopic (exact) mass is 622 g/mol.